The molecule has 2 amide bonds. The minimum absolute atomic E-state index is 0.0914. The summed E-state index contributed by atoms with van der Waals surface area (Å²) in [6, 6.07) is 15.0. The van der Waals surface area contributed by atoms with Gasteiger partial charge in [0.15, 0.2) is 0 Å². The third-order valence-corrected chi connectivity index (χ3v) is 5.15. The van der Waals surface area contributed by atoms with Gasteiger partial charge in [-0.2, -0.15) is 0 Å². The molecule has 28 heavy (non-hydrogen) atoms. The van der Waals surface area contributed by atoms with Crippen molar-refractivity contribution >= 4 is 23.4 Å². The topological polar surface area (TPSA) is 52.7 Å². The van der Waals surface area contributed by atoms with Gasteiger partial charge in [0.1, 0.15) is 0 Å². The Labute approximate surface area is 171 Å². The molecule has 1 saturated heterocycles. The molecule has 2 aromatic rings. The molecule has 0 spiro atoms. The molecule has 0 aliphatic carbocycles. The standard InChI is InChI=1S/C22H26ClN3O2/c1-17-3-2-4-18(15-17)16-26(22(28)19-5-7-20(23)8-6-19)12-9-21(27)25-13-10-24-11-14-25/h2-8,15,24H,9-14,16H2,1H3. The maximum atomic E-state index is 13.1. The lowest BCUT2D eigenvalue weighted by Crippen LogP contribution is -2.47. The van der Waals surface area contributed by atoms with Crippen LogP contribution in [-0.4, -0.2) is 54.3 Å². The van der Waals surface area contributed by atoms with E-state index in [0.29, 0.717) is 30.1 Å². The van der Waals surface area contributed by atoms with Gasteiger partial charge in [0.2, 0.25) is 5.91 Å². The number of hydrogen-bond acceptors (Lipinski definition) is 3. The zero-order valence-electron chi connectivity index (χ0n) is 16.2. The Morgan fingerprint density at radius 3 is 2.50 bits per heavy atom. The molecule has 0 radical (unpaired) electrons. The molecule has 0 saturated carbocycles. The first kappa shape index (κ1) is 20.4. The number of carbonyl (C=O) groups excluding carboxylic acids is 2. The number of benzene rings is 2. The van der Waals surface area contributed by atoms with Gasteiger partial charge < -0.3 is 15.1 Å². The number of aryl methyl sites for hydroxylation is 1. The van der Waals surface area contributed by atoms with Crippen molar-refractivity contribution in [1.82, 2.24) is 15.1 Å². The second-order valence-corrected chi connectivity index (χ2v) is 7.54. The van der Waals surface area contributed by atoms with Crippen LogP contribution in [0.15, 0.2) is 48.5 Å². The lowest BCUT2D eigenvalue weighted by atomic mass is 10.1. The van der Waals surface area contributed by atoms with Crippen molar-refractivity contribution in [2.45, 2.75) is 19.9 Å². The summed E-state index contributed by atoms with van der Waals surface area (Å²) in [6.07, 6.45) is 0.325. The van der Waals surface area contributed by atoms with E-state index < -0.39 is 0 Å². The normalized spacial score (nSPS) is 14.0. The van der Waals surface area contributed by atoms with E-state index in [1.165, 1.54) is 0 Å². The monoisotopic (exact) mass is 399 g/mol. The number of hydrogen-bond donors (Lipinski definition) is 1. The lowest BCUT2D eigenvalue weighted by Gasteiger charge is -2.29. The van der Waals surface area contributed by atoms with Crippen LogP contribution >= 0.6 is 11.6 Å². The van der Waals surface area contributed by atoms with Crippen molar-refractivity contribution in [2.75, 3.05) is 32.7 Å². The van der Waals surface area contributed by atoms with Gasteiger partial charge in [-0.3, -0.25) is 9.59 Å². The maximum Gasteiger partial charge on any atom is 0.254 e. The van der Waals surface area contributed by atoms with E-state index in [2.05, 4.69) is 11.4 Å². The molecule has 1 heterocycles. The molecule has 0 unspecified atom stereocenters. The van der Waals surface area contributed by atoms with Gasteiger partial charge in [0, 0.05) is 56.3 Å². The Morgan fingerprint density at radius 1 is 1.11 bits per heavy atom. The highest BCUT2D eigenvalue weighted by atomic mass is 35.5. The molecule has 1 N–H and O–H groups in total. The number of rotatable bonds is 6. The van der Waals surface area contributed by atoms with Gasteiger partial charge in [-0.05, 0) is 36.8 Å². The van der Waals surface area contributed by atoms with Crippen LogP contribution in [0.5, 0.6) is 0 Å². The quantitative estimate of drug-likeness (QED) is 0.812. The molecule has 1 aliphatic rings. The Kier molecular flexibility index (Phi) is 7.06. The smallest absolute Gasteiger partial charge is 0.254 e. The summed E-state index contributed by atoms with van der Waals surface area (Å²) in [6.45, 7) is 5.98. The number of halogens is 1. The van der Waals surface area contributed by atoms with Crippen LogP contribution in [0, 0.1) is 6.92 Å². The summed E-state index contributed by atoms with van der Waals surface area (Å²) in [4.78, 5) is 29.3. The Bertz CT molecular complexity index is 817. The zero-order chi connectivity index (χ0) is 19.9. The van der Waals surface area contributed by atoms with Crippen LogP contribution in [0.1, 0.15) is 27.9 Å². The summed E-state index contributed by atoms with van der Waals surface area (Å²) in [7, 11) is 0. The number of nitrogens with zero attached hydrogens (tertiary/aromatic N) is 2. The van der Waals surface area contributed by atoms with E-state index in [1.54, 1.807) is 29.2 Å². The predicted molar refractivity (Wildman–Crippen MR) is 111 cm³/mol. The van der Waals surface area contributed by atoms with E-state index in [-0.39, 0.29) is 11.8 Å². The van der Waals surface area contributed by atoms with E-state index >= 15 is 0 Å². The molecule has 3 rings (SSSR count). The van der Waals surface area contributed by atoms with E-state index in [1.807, 2.05) is 30.0 Å². The molecule has 0 bridgehead atoms. The fraction of sp³-hybridized carbons (Fsp3) is 0.364. The van der Waals surface area contributed by atoms with E-state index in [4.69, 9.17) is 11.6 Å². The second-order valence-electron chi connectivity index (χ2n) is 7.10. The van der Waals surface area contributed by atoms with Crippen molar-refractivity contribution < 1.29 is 9.59 Å². The van der Waals surface area contributed by atoms with Crippen LogP contribution < -0.4 is 5.32 Å². The van der Waals surface area contributed by atoms with Gasteiger partial charge in [-0.15, -0.1) is 0 Å². The first-order chi connectivity index (χ1) is 13.5. The minimum Gasteiger partial charge on any atom is -0.340 e. The van der Waals surface area contributed by atoms with Gasteiger partial charge in [-0.1, -0.05) is 41.4 Å². The molecule has 0 aromatic heterocycles. The Hall–Kier alpha value is -2.37. The van der Waals surface area contributed by atoms with E-state index in [9.17, 15) is 9.59 Å². The summed E-state index contributed by atoms with van der Waals surface area (Å²) in [5.74, 6) is 0.00549. The first-order valence-corrected chi connectivity index (χ1v) is 9.99. The molecule has 1 aliphatic heterocycles. The van der Waals surface area contributed by atoms with Crippen LogP contribution in [0.25, 0.3) is 0 Å². The first-order valence-electron chi connectivity index (χ1n) is 9.62. The van der Waals surface area contributed by atoms with E-state index in [0.717, 1.165) is 37.3 Å². The summed E-state index contributed by atoms with van der Waals surface area (Å²) >= 11 is 5.95. The summed E-state index contributed by atoms with van der Waals surface area (Å²) in [5.41, 5.74) is 2.77. The number of amides is 2. The molecule has 6 heteroatoms. The molecule has 2 aromatic carbocycles. The summed E-state index contributed by atoms with van der Waals surface area (Å²) < 4.78 is 0. The van der Waals surface area contributed by atoms with Crippen molar-refractivity contribution in [3.63, 3.8) is 0 Å². The summed E-state index contributed by atoms with van der Waals surface area (Å²) in [5, 5.41) is 3.84. The Morgan fingerprint density at radius 2 is 1.82 bits per heavy atom. The molecule has 0 atom stereocenters. The second kappa shape index (κ2) is 9.71. The number of piperazine rings is 1. The largest absolute Gasteiger partial charge is 0.340 e. The predicted octanol–water partition coefficient (Wildman–Crippen LogP) is 3.11. The third kappa shape index (κ3) is 5.57. The number of nitrogens with one attached hydrogen (secondary N) is 1. The molecule has 1 fully saturated rings. The highest BCUT2D eigenvalue weighted by Gasteiger charge is 2.21. The lowest BCUT2D eigenvalue weighted by molar-refractivity contribution is -0.132. The molecule has 5 nitrogen and oxygen atoms in total. The van der Waals surface area contributed by atoms with Crippen molar-refractivity contribution in [1.29, 1.82) is 0 Å². The SMILES string of the molecule is Cc1cccc(CN(CCC(=O)N2CCNCC2)C(=O)c2ccc(Cl)cc2)c1. The average molecular weight is 400 g/mol. The fourth-order valence-electron chi connectivity index (χ4n) is 3.36. The van der Waals surface area contributed by atoms with Crippen LogP contribution in [-0.2, 0) is 11.3 Å². The van der Waals surface area contributed by atoms with Crippen molar-refractivity contribution in [3.05, 3.63) is 70.2 Å². The van der Waals surface area contributed by atoms with Crippen LogP contribution in [0.2, 0.25) is 5.02 Å². The van der Waals surface area contributed by atoms with Gasteiger partial charge in [0.25, 0.3) is 5.91 Å². The number of carbonyl (C=O) groups is 2. The van der Waals surface area contributed by atoms with Gasteiger partial charge in [0.05, 0.1) is 0 Å². The van der Waals surface area contributed by atoms with Crippen molar-refractivity contribution in [3.8, 4) is 0 Å². The highest BCUT2D eigenvalue weighted by Crippen LogP contribution is 2.15. The van der Waals surface area contributed by atoms with Crippen molar-refractivity contribution in [2.24, 2.45) is 0 Å². The molecular formula is C22H26ClN3O2. The third-order valence-electron chi connectivity index (χ3n) is 4.90. The molecular weight excluding hydrogens is 374 g/mol. The highest BCUT2D eigenvalue weighted by molar-refractivity contribution is 6.30. The average Bonchev–Trinajstić information content (AvgIpc) is 2.71. The van der Waals surface area contributed by atoms with Gasteiger partial charge in [-0.25, -0.2) is 0 Å². The molecule has 148 valence electrons. The van der Waals surface area contributed by atoms with Gasteiger partial charge >= 0.3 is 0 Å². The fourth-order valence-corrected chi connectivity index (χ4v) is 3.49. The maximum absolute atomic E-state index is 13.1. The van der Waals surface area contributed by atoms with Crippen LogP contribution in [0.3, 0.4) is 0 Å². The minimum atomic E-state index is -0.0914. The zero-order valence-corrected chi connectivity index (χ0v) is 16.9. The van der Waals surface area contributed by atoms with Crippen LogP contribution in [0.4, 0.5) is 0 Å². The Balaban J connectivity index is 1.72.